The van der Waals surface area contributed by atoms with E-state index in [0.29, 0.717) is 21.2 Å². The average molecular weight is 254 g/mol. The molecule has 94 valence electrons. The van der Waals surface area contributed by atoms with Crippen LogP contribution < -0.4 is 5.56 Å². The second-order valence-corrected chi connectivity index (χ2v) is 4.13. The summed E-state index contributed by atoms with van der Waals surface area (Å²) in [6.07, 6.45) is 1.50. The normalized spacial score (nSPS) is 10.7. The number of hydrogen-bond donors (Lipinski definition) is 2. The van der Waals surface area contributed by atoms with Gasteiger partial charge in [0.05, 0.1) is 0 Å². The molecule has 5 heteroatoms. The van der Waals surface area contributed by atoms with Gasteiger partial charge in [0.1, 0.15) is 5.75 Å². The van der Waals surface area contributed by atoms with Gasteiger partial charge in [0.15, 0.2) is 5.65 Å². The molecule has 0 saturated heterocycles. The second-order valence-electron chi connectivity index (χ2n) is 4.13. The van der Waals surface area contributed by atoms with Crippen molar-refractivity contribution in [2.24, 2.45) is 0 Å². The molecule has 0 fully saturated rings. The first-order valence-electron chi connectivity index (χ1n) is 5.66. The molecule has 0 radical (unpaired) electrons. The van der Waals surface area contributed by atoms with Crippen molar-refractivity contribution in [3.63, 3.8) is 0 Å². The molecule has 2 aromatic heterocycles. The highest BCUT2D eigenvalue weighted by atomic mass is 16.5. The Morgan fingerprint density at radius 1 is 1.11 bits per heavy atom. The van der Waals surface area contributed by atoms with Crippen LogP contribution in [0.3, 0.4) is 0 Å². The van der Waals surface area contributed by atoms with Gasteiger partial charge in [-0.05, 0) is 35.4 Å². The lowest BCUT2D eigenvalue weighted by Gasteiger charge is -2.08. The van der Waals surface area contributed by atoms with Crippen molar-refractivity contribution in [1.82, 2.24) is 9.71 Å². The van der Waals surface area contributed by atoms with Crippen molar-refractivity contribution in [2.75, 3.05) is 0 Å². The number of pyridine rings is 2. The Hall–Kier alpha value is -2.82. The number of nitrogens with zero attached hydrogens (tertiary/aromatic N) is 2. The standard InChI is InChI=1S/C14H10N2O3/c17-10-4-1-3-9(7-10)12-8-13(18)16(19)14-11(12)5-2-6-15-14/h1-8,17,19H. The van der Waals surface area contributed by atoms with Gasteiger partial charge in [-0.3, -0.25) is 4.79 Å². The van der Waals surface area contributed by atoms with Crippen LogP contribution in [-0.2, 0) is 0 Å². The van der Waals surface area contributed by atoms with Crippen LogP contribution in [0.25, 0.3) is 22.2 Å². The predicted molar refractivity (Wildman–Crippen MR) is 70.3 cm³/mol. The fraction of sp³-hybridized carbons (Fsp3) is 0. The Bertz CT molecular complexity index is 824. The van der Waals surface area contributed by atoms with Gasteiger partial charge in [0.2, 0.25) is 0 Å². The first-order valence-corrected chi connectivity index (χ1v) is 5.66. The molecule has 0 unspecified atom stereocenters. The Kier molecular flexibility index (Phi) is 2.45. The summed E-state index contributed by atoms with van der Waals surface area (Å²) in [5.41, 5.74) is 0.933. The zero-order chi connectivity index (χ0) is 13.4. The third kappa shape index (κ3) is 1.81. The molecule has 0 amide bonds. The molecule has 3 aromatic rings. The monoisotopic (exact) mass is 254 g/mol. The molecule has 0 aliphatic carbocycles. The van der Waals surface area contributed by atoms with Gasteiger partial charge in [-0.25, -0.2) is 4.98 Å². The van der Waals surface area contributed by atoms with Crippen molar-refractivity contribution >= 4 is 11.0 Å². The lowest BCUT2D eigenvalue weighted by molar-refractivity contribution is 0.187. The Morgan fingerprint density at radius 3 is 2.74 bits per heavy atom. The summed E-state index contributed by atoms with van der Waals surface area (Å²) < 4.78 is 0.516. The van der Waals surface area contributed by atoms with Crippen molar-refractivity contribution in [3.05, 3.63) is 59.0 Å². The van der Waals surface area contributed by atoms with Crippen LogP contribution in [0.1, 0.15) is 0 Å². The van der Waals surface area contributed by atoms with Crippen LogP contribution in [0.15, 0.2) is 53.5 Å². The molecule has 5 nitrogen and oxygen atoms in total. The van der Waals surface area contributed by atoms with Gasteiger partial charge in [-0.15, -0.1) is 4.73 Å². The molecule has 19 heavy (non-hydrogen) atoms. The first-order chi connectivity index (χ1) is 9.16. The fourth-order valence-electron chi connectivity index (χ4n) is 2.06. The molecular weight excluding hydrogens is 244 g/mol. The zero-order valence-electron chi connectivity index (χ0n) is 9.82. The number of phenols is 1. The highest BCUT2D eigenvalue weighted by Crippen LogP contribution is 2.27. The summed E-state index contributed by atoms with van der Waals surface area (Å²) in [5, 5.41) is 19.8. The third-order valence-corrected chi connectivity index (χ3v) is 2.91. The average Bonchev–Trinajstić information content (AvgIpc) is 2.43. The highest BCUT2D eigenvalue weighted by molar-refractivity contribution is 5.92. The highest BCUT2D eigenvalue weighted by Gasteiger charge is 2.10. The summed E-state index contributed by atoms with van der Waals surface area (Å²) in [6.45, 7) is 0. The van der Waals surface area contributed by atoms with Crippen molar-refractivity contribution < 1.29 is 10.3 Å². The zero-order valence-corrected chi connectivity index (χ0v) is 9.82. The van der Waals surface area contributed by atoms with Gasteiger partial charge in [-0.2, -0.15) is 0 Å². The SMILES string of the molecule is O=c1cc(-c2cccc(O)c2)c2cccnc2n1O. The molecule has 2 N–H and O–H groups in total. The van der Waals surface area contributed by atoms with Crippen molar-refractivity contribution in [3.8, 4) is 16.9 Å². The van der Waals surface area contributed by atoms with Crippen LogP contribution >= 0.6 is 0 Å². The molecule has 0 bridgehead atoms. The minimum Gasteiger partial charge on any atom is -0.508 e. The van der Waals surface area contributed by atoms with E-state index in [0.717, 1.165) is 0 Å². The van der Waals surface area contributed by atoms with Gasteiger partial charge in [-0.1, -0.05) is 12.1 Å². The maximum atomic E-state index is 11.7. The fourth-order valence-corrected chi connectivity index (χ4v) is 2.06. The Morgan fingerprint density at radius 2 is 1.95 bits per heavy atom. The quantitative estimate of drug-likeness (QED) is 0.651. The summed E-state index contributed by atoms with van der Waals surface area (Å²) in [5.74, 6) is 0.114. The van der Waals surface area contributed by atoms with Crippen molar-refractivity contribution in [2.45, 2.75) is 0 Å². The van der Waals surface area contributed by atoms with Crippen LogP contribution in [0, 0.1) is 0 Å². The number of rotatable bonds is 1. The number of fused-ring (bicyclic) bond motifs is 1. The van der Waals surface area contributed by atoms with E-state index < -0.39 is 5.56 Å². The van der Waals surface area contributed by atoms with E-state index in [1.165, 1.54) is 12.3 Å². The maximum absolute atomic E-state index is 11.7. The van der Waals surface area contributed by atoms with Crippen LogP contribution in [0.2, 0.25) is 0 Å². The lowest BCUT2D eigenvalue weighted by Crippen LogP contribution is -2.18. The molecule has 1 aromatic carbocycles. The number of hydrogen-bond acceptors (Lipinski definition) is 4. The molecule has 3 rings (SSSR count). The minimum absolute atomic E-state index is 0.114. The van der Waals surface area contributed by atoms with Gasteiger partial charge in [0.25, 0.3) is 5.56 Å². The first kappa shape index (κ1) is 11.3. The Balaban J connectivity index is 2.42. The second kappa shape index (κ2) is 4.13. The van der Waals surface area contributed by atoms with E-state index in [1.54, 1.807) is 36.4 Å². The van der Waals surface area contributed by atoms with E-state index in [2.05, 4.69) is 4.98 Å². The smallest absolute Gasteiger partial charge is 0.285 e. The topological polar surface area (TPSA) is 75.3 Å². The molecule has 2 heterocycles. The molecule has 0 atom stereocenters. The summed E-state index contributed by atoms with van der Waals surface area (Å²) in [7, 11) is 0. The van der Waals surface area contributed by atoms with E-state index in [1.807, 2.05) is 0 Å². The van der Waals surface area contributed by atoms with E-state index in [-0.39, 0.29) is 11.4 Å². The van der Waals surface area contributed by atoms with Gasteiger partial charge in [0, 0.05) is 17.6 Å². The maximum Gasteiger partial charge on any atom is 0.285 e. The number of benzene rings is 1. The Labute approximate surface area is 108 Å². The van der Waals surface area contributed by atoms with Gasteiger partial charge < -0.3 is 10.3 Å². The predicted octanol–water partition coefficient (Wildman–Crippen LogP) is 2.01. The van der Waals surface area contributed by atoms with Gasteiger partial charge >= 0.3 is 0 Å². The third-order valence-electron chi connectivity index (χ3n) is 2.91. The molecule has 0 spiro atoms. The van der Waals surface area contributed by atoms with E-state index >= 15 is 0 Å². The number of aromatic hydroxyl groups is 1. The summed E-state index contributed by atoms with van der Waals surface area (Å²) in [6, 6.07) is 11.4. The largest absolute Gasteiger partial charge is 0.508 e. The van der Waals surface area contributed by atoms with Crippen molar-refractivity contribution in [1.29, 1.82) is 0 Å². The lowest BCUT2D eigenvalue weighted by atomic mass is 10.0. The minimum atomic E-state index is -0.565. The molecule has 0 saturated carbocycles. The van der Waals surface area contributed by atoms with Crippen LogP contribution in [-0.4, -0.2) is 20.0 Å². The van der Waals surface area contributed by atoms with E-state index in [4.69, 9.17) is 0 Å². The molecule has 0 aliphatic heterocycles. The summed E-state index contributed by atoms with van der Waals surface area (Å²) >= 11 is 0. The van der Waals surface area contributed by atoms with E-state index in [9.17, 15) is 15.1 Å². The number of aromatic nitrogens is 2. The summed E-state index contributed by atoms with van der Waals surface area (Å²) in [4.78, 5) is 15.7. The van der Waals surface area contributed by atoms with Crippen LogP contribution in [0.5, 0.6) is 5.75 Å². The number of phenolic OH excluding ortho intramolecular Hbond substituents is 1. The molecular formula is C14H10N2O3. The van der Waals surface area contributed by atoms with Crippen LogP contribution in [0.4, 0.5) is 0 Å². The molecule has 0 aliphatic rings.